The smallest absolute Gasteiger partial charge is 0.478 e. The van der Waals surface area contributed by atoms with Gasteiger partial charge in [0.25, 0.3) is 0 Å². The van der Waals surface area contributed by atoms with Gasteiger partial charge in [0.2, 0.25) is 0 Å². The molecule has 0 aromatic rings. The summed E-state index contributed by atoms with van der Waals surface area (Å²) in [5.41, 5.74) is 0. The number of carboxylic acids is 1. The number of ether oxygens (including phenoxy) is 2. The van der Waals surface area contributed by atoms with Crippen LogP contribution < -0.4 is 0 Å². The standard InChI is InChI=1S/C3H4O3.C3H4O2/c4-3-5-1-2-6-3;1-2-3(4)5/h1-2H2;2H,1H2,(H,4,5). The first-order chi connectivity index (χ1) is 5.16. The number of carbonyl (C=O) groups excluding carboxylic acids is 1. The number of cyclic esters (lactones) is 2. The van der Waals surface area contributed by atoms with Crippen LogP contribution in [-0.2, 0) is 14.3 Å². The average Bonchev–Trinajstić information content (AvgIpc) is 2.41. The van der Waals surface area contributed by atoms with Gasteiger partial charge < -0.3 is 14.6 Å². The van der Waals surface area contributed by atoms with E-state index in [1.165, 1.54) is 0 Å². The minimum atomic E-state index is -0.981. The summed E-state index contributed by atoms with van der Waals surface area (Å²) in [7, 11) is 0. The Kier molecular flexibility index (Phi) is 4.55. The van der Waals surface area contributed by atoms with Gasteiger partial charge in [0, 0.05) is 6.08 Å². The molecule has 5 nitrogen and oxygen atoms in total. The summed E-state index contributed by atoms with van der Waals surface area (Å²) in [5.74, 6) is -0.981. The molecule has 0 spiro atoms. The first-order valence-electron chi connectivity index (χ1n) is 2.81. The molecule has 0 atom stereocenters. The van der Waals surface area contributed by atoms with Gasteiger partial charge in [-0.2, -0.15) is 0 Å². The third-order valence-electron chi connectivity index (χ3n) is 0.698. The molecule has 62 valence electrons. The van der Waals surface area contributed by atoms with Gasteiger partial charge in [-0.1, -0.05) is 6.58 Å². The van der Waals surface area contributed by atoms with Crippen molar-refractivity contribution in [2.45, 2.75) is 0 Å². The van der Waals surface area contributed by atoms with Crippen LogP contribution >= 0.6 is 0 Å². The van der Waals surface area contributed by atoms with E-state index < -0.39 is 12.1 Å². The van der Waals surface area contributed by atoms with Gasteiger partial charge in [-0.25, -0.2) is 9.59 Å². The summed E-state index contributed by atoms with van der Waals surface area (Å²) in [5, 5.41) is 7.60. The fraction of sp³-hybridized carbons (Fsp3) is 0.333. The van der Waals surface area contributed by atoms with E-state index >= 15 is 0 Å². The third kappa shape index (κ3) is 6.36. The van der Waals surface area contributed by atoms with Crippen LogP contribution in [0.25, 0.3) is 0 Å². The number of carbonyl (C=O) groups is 2. The molecule has 0 radical (unpaired) electrons. The van der Waals surface area contributed by atoms with Crippen molar-refractivity contribution in [3.63, 3.8) is 0 Å². The molecule has 0 unspecified atom stereocenters. The van der Waals surface area contributed by atoms with Crippen molar-refractivity contribution in [2.24, 2.45) is 0 Å². The maximum atomic E-state index is 9.80. The zero-order valence-corrected chi connectivity index (χ0v) is 5.78. The predicted molar refractivity (Wildman–Crippen MR) is 35.1 cm³/mol. The van der Waals surface area contributed by atoms with Crippen molar-refractivity contribution >= 4 is 12.1 Å². The topological polar surface area (TPSA) is 72.8 Å². The third-order valence-corrected chi connectivity index (χ3v) is 0.698. The molecule has 1 N–H and O–H groups in total. The second-order valence-electron chi connectivity index (χ2n) is 1.49. The molecule has 0 aromatic carbocycles. The summed E-state index contributed by atoms with van der Waals surface area (Å²) >= 11 is 0. The number of carboxylic acid groups (broad SMARTS) is 1. The van der Waals surface area contributed by atoms with Gasteiger partial charge >= 0.3 is 12.1 Å². The molecule has 1 heterocycles. The van der Waals surface area contributed by atoms with Gasteiger partial charge in [0.15, 0.2) is 0 Å². The first kappa shape index (κ1) is 9.48. The van der Waals surface area contributed by atoms with E-state index in [1.54, 1.807) is 0 Å². The Bertz CT molecular complexity index is 154. The van der Waals surface area contributed by atoms with E-state index in [1.807, 2.05) is 0 Å². The Morgan fingerprint density at radius 1 is 1.55 bits per heavy atom. The van der Waals surface area contributed by atoms with E-state index in [4.69, 9.17) is 5.11 Å². The van der Waals surface area contributed by atoms with E-state index in [2.05, 4.69) is 16.1 Å². The minimum absolute atomic E-state index is 0.416. The highest BCUT2D eigenvalue weighted by Crippen LogP contribution is 1.92. The Labute approximate surface area is 63.2 Å². The summed E-state index contributed by atoms with van der Waals surface area (Å²) in [4.78, 5) is 19.0. The van der Waals surface area contributed by atoms with Crippen LogP contribution in [0.2, 0.25) is 0 Å². The molecule has 1 fully saturated rings. The van der Waals surface area contributed by atoms with Gasteiger partial charge in [-0.3, -0.25) is 0 Å². The molecule has 0 saturated carbocycles. The number of aliphatic carboxylic acids is 1. The normalized spacial score (nSPS) is 13.6. The SMILES string of the molecule is C=CC(=O)O.O=C1OCCO1. The van der Waals surface area contributed by atoms with Crippen LogP contribution in [0.3, 0.4) is 0 Å². The molecule has 0 amide bonds. The van der Waals surface area contributed by atoms with Crippen LogP contribution in [0.15, 0.2) is 12.7 Å². The van der Waals surface area contributed by atoms with Crippen molar-refractivity contribution in [1.29, 1.82) is 0 Å². The van der Waals surface area contributed by atoms with E-state index in [0.717, 1.165) is 6.08 Å². The predicted octanol–water partition coefficient (Wildman–Crippen LogP) is 0.410. The first-order valence-corrected chi connectivity index (χ1v) is 2.81. The highest BCUT2D eigenvalue weighted by atomic mass is 16.8. The zero-order valence-electron chi connectivity index (χ0n) is 5.78. The largest absolute Gasteiger partial charge is 0.508 e. The number of hydrogen-bond donors (Lipinski definition) is 1. The molecular formula is C6H8O5. The molecule has 11 heavy (non-hydrogen) atoms. The lowest BCUT2D eigenvalue weighted by molar-refractivity contribution is -0.131. The average molecular weight is 160 g/mol. The number of rotatable bonds is 1. The summed E-state index contributed by atoms with van der Waals surface area (Å²) in [6, 6.07) is 0. The van der Waals surface area contributed by atoms with Crippen molar-refractivity contribution < 1.29 is 24.2 Å². The highest BCUT2D eigenvalue weighted by molar-refractivity contribution is 5.78. The molecule has 1 saturated heterocycles. The van der Waals surface area contributed by atoms with Gasteiger partial charge in [0.05, 0.1) is 0 Å². The number of hydrogen-bond acceptors (Lipinski definition) is 4. The minimum Gasteiger partial charge on any atom is -0.478 e. The van der Waals surface area contributed by atoms with Crippen LogP contribution in [-0.4, -0.2) is 30.4 Å². The Balaban J connectivity index is 0.000000187. The van der Waals surface area contributed by atoms with Gasteiger partial charge in [-0.05, 0) is 0 Å². The van der Waals surface area contributed by atoms with Crippen LogP contribution in [0.4, 0.5) is 4.79 Å². The van der Waals surface area contributed by atoms with Crippen molar-refractivity contribution in [3.05, 3.63) is 12.7 Å². The molecule has 0 aromatic heterocycles. The quantitative estimate of drug-likeness (QED) is 0.444. The molecule has 0 aliphatic carbocycles. The van der Waals surface area contributed by atoms with Crippen molar-refractivity contribution in [1.82, 2.24) is 0 Å². The lowest BCUT2D eigenvalue weighted by Crippen LogP contribution is -1.88. The van der Waals surface area contributed by atoms with E-state index in [9.17, 15) is 9.59 Å². The summed E-state index contributed by atoms with van der Waals surface area (Å²) < 4.78 is 8.58. The maximum Gasteiger partial charge on any atom is 0.508 e. The molecular weight excluding hydrogens is 152 g/mol. The van der Waals surface area contributed by atoms with Crippen molar-refractivity contribution in [2.75, 3.05) is 13.2 Å². The van der Waals surface area contributed by atoms with Gasteiger partial charge in [0.1, 0.15) is 13.2 Å². The van der Waals surface area contributed by atoms with Crippen LogP contribution in [0, 0.1) is 0 Å². The molecule has 1 aliphatic rings. The fourth-order valence-corrected chi connectivity index (χ4v) is 0.292. The summed E-state index contributed by atoms with van der Waals surface area (Å²) in [6.07, 6.45) is 0.287. The maximum absolute atomic E-state index is 9.80. The second kappa shape index (κ2) is 5.28. The molecule has 5 heteroatoms. The zero-order chi connectivity index (χ0) is 8.69. The van der Waals surface area contributed by atoms with Gasteiger partial charge in [-0.15, -0.1) is 0 Å². The Morgan fingerprint density at radius 2 is 1.91 bits per heavy atom. The Hall–Kier alpha value is -1.52. The molecule has 1 aliphatic heterocycles. The van der Waals surface area contributed by atoms with E-state index in [0.29, 0.717) is 13.2 Å². The van der Waals surface area contributed by atoms with E-state index in [-0.39, 0.29) is 0 Å². The lowest BCUT2D eigenvalue weighted by atomic mass is 10.7. The fourth-order valence-electron chi connectivity index (χ4n) is 0.292. The second-order valence-corrected chi connectivity index (χ2v) is 1.49. The highest BCUT2D eigenvalue weighted by Gasteiger charge is 2.09. The lowest BCUT2D eigenvalue weighted by Gasteiger charge is -1.78. The molecule has 1 rings (SSSR count). The van der Waals surface area contributed by atoms with Crippen LogP contribution in [0.5, 0.6) is 0 Å². The van der Waals surface area contributed by atoms with Crippen LogP contribution in [0.1, 0.15) is 0 Å². The summed E-state index contributed by atoms with van der Waals surface area (Å²) in [6.45, 7) is 3.79. The Morgan fingerprint density at radius 3 is 2.00 bits per heavy atom. The molecule has 0 bridgehead atoms. The van der Waals surface area contributed by atoms with Crippen molar-refractivity contribution in [3.8, 4) is 0 Å². The monoisotopic (exact) mass is 160 g/mol.